The summed E-state index contributed by atoms with van der Waals surface area (Å²) in [7, 11) is 3.10. The van der Waals surface area contributed by atoms with Crippen molar-refractivity contribution in [2.45, 2.75) is 44.2 Å². The minimum Gasteiger partial charge on any atom is -0.493 e. The van der Waals surface area contributed by atoms with Crippen LogP contribution in [0.3, 0.4) is 0 Å². The molecule has 226 valence electrons. The highest BCUT2D eigenvalue weighted by molar-refractivity contribution is 6.43. The van der Waals surface area contributed by atoms with E-state index in [1.807, 2.05) is 12.1 Å². The van der Waals surface area contributed by atoms with Gasteiger partial charge in [-0.25, -0.2) is 9.59 Å². The van der Waals surface area contributed by atoms with Gasteiger partial charge in [0.2, 0.25) is 5.78 Å². The Kier molecular flexibility index (Phi) is 10.7. The fourth-order valence-electron chi connectivity index (χ4n) is 5.06. The highest BCUT2D eigenvalue weighted by Gasteiger charge is 2.37. The Balaban J connectivity index is 1.56. The van der Waals surface area contributed by atoms with E-state index in [0.717, 1.165) is 5.56 Å². The largest absolute Gasteiger partial charge is 0.493 e. The number of rotatable bonds is 13. The molecule has 0 aliphatic carbocycles. The Hall–Kier alpha value is -4.86. The minimum atomic E-state index is -1.12. The molecule has 1 heterocycles. The van der Waals surface area contributed by atoms with Gasteiger partial charge in [0.15, 0.2) is 18.1 Å². The van der Waals surface area contributed by atoms with Crippen LogP contribution in [0.1, 0.15) is 53.3 Å². The third-order valence-corrected chi connectivity index (χ3v) is 7.26. The normalized spacial score (nSPS) is 15.2. The van der Waals surface area contributed by atoms with E-state index in [0.29, 0.717) is 54.9 Å². The van der Waals surface area contributed by atoms with Crippen LogP contribution in [-0.2, 0) is 25.5 Å². The number of ether oxygens (including phenoxy) is 4. The van der Waals surface area contributed by atoms with Crippen LogP contribution >= 0.6 is 0 Å². The molecule has 0 saturated carbocycles. The lowest BCUT2D eigenvalue weighted by Gasteiger charge is -2.34. The average molecular weight is 590 g/mol. The molecule has 0 spiro atoms. The Morgan fingerprint density at radius 2 is 1.67 bits per heavy atom. The first-order valence-electron chi connectivity index (χ1n) is 14.1. The molecule has 4 rings (SSSR count). The van der Waals surface area contributed by atoms with Crippen molar-refractivity contribution >= 4 is 23.6 Å². The number of carbonyl (C=O) groups is 4. The summed E-state index contributed by atoms with van der Waals surface area (Å²) in [6.07, 6.45) is 1.86. The number of hydrogen-bond acceptors (Lipinski definition) is 8. The van der Waals surface area contributed by atoms with Crippen LogP contribution < -0.4 is 14.2 Å². The number of aryl methyl sites for hydroxylation is 1. The van der Waals surface area contributed by atoms with Gasteiger partial charge in [0.25, 0.3) is 5.91 Å². The van der Waals surface area contributed by atoms with Crippen LogP contribution in [0.5, 0.6) is 17.2 Å². The average Bonchev–Trinajstić information content (AvgIpc) is 3.05. The van der Waals surface area contributed by atoms with Crippen molar-refractivity contribution in [2.75, 3.05) is 27.4 Å². The van der Waals surface area contributed by atoms with Crippen LogP contribution in [0, 0.1) is 0 Å². The van der Waals surface area contributed by atoms with Gasteiger partial charge in [0, 0.05) is 12.1 Å². The van der Waals surface area contributed by atoms with E-state index >= 15 is 0 Å². The van der Waals surface area contributed by atoms with E-state index in [-0.39, 0.29) is 12.1 Å². The van der Waals surface area contributed by atoms with E-state index < -0.39 is 42.4 Å². The molecular formula is C33H35NO9. The number of hydrogen-bond donors (Lipinski definition) is 1. The van der Waals surface area contributed by atoms with Crippen LogP contribution in [0.2, 0.25) is 0 Å². The van der Waals surface area contributed by atoms with Crippen molar-refractivity contribution in [3.8, 4) is 17.2 Å². The predicted octanol–water partition coefficient (Wildman–Crippen LogP) is 4.65. The van der Waals surface area contributed by atoms with Crippen molar-refractivity contribution in [3.63, 3.8) is 0 Å². The van der Waals surface area contributed by atoms with Crippen molar-refractivity contribution in [2.24, 2.45) is 0 Å². The van der Waals surface area contributed by atoms with Gasteiger partial charge in [-0.3, -0.25) is 9.59 Å². The first kappa shape index (κ1) is 31.1. The zero-order chi connectivity index (χ0) is 30.8. The topological polar surface area (TPSA) is 129 Å². The van der Waals surface area contributed by atoms with Crippen LogP contribution in [0.4, 0.5) is 0 Å². The van der Waals surface area contributed by atoms with Crippen molar-refractivity contribution in [3.05, 3.63) is 89.5 Å². The molecular weight excluding hydrogens is 554 g/mol. The summed E-state index contributed by atoms with van der Waals surface area (Å²) in [5.74, 6) is -1.67. The number of carbonyl (C=O) groups excluding carboxylic acids is 3. The van der Waals surface area contributed by atoms with Crippen LogP contribution in [-0.4, -0.2) is 67.0 Å². The fourth-order valence-corrected chi connectivity index (χ4v) is 5.06. The number of Topliss-reactive ketones (excluding diaryl/α,β-unsaturated/α-hetero) is 1. The lowest BCUT2D eigenvalue weighted by Crippen LogP contribution is -2.51. The number of carboxylic acids is 1. The van der Waals surface area contributed by atoms with Crippen molar-refractivity contribution in [1.29, 1.82) is 0 Å². The van der Waals surface area contributed by atoms with Gasteiger partial charge < -0.3 is 29.0 Å². The molecule has 0 bridgehead atoms. The molecule has 1 N–H and O–H groups in total. The molecule has 0 unspecified atom stereocenters. The number of amides is 1. The Morgan fingerprint density at radius 1 is 0.907 bits per heavy atom. The van der Waals surface area contributed by atoms with Gasteiger partial charge in [0.1, 0.15) is 17.9 Å². The van der Waals surface area contributed by atoms with E-state index in [1.54, 1.807) is 74.9 Å². The molecule has 1 aliphatic heterocycles. The molecule has 10 heteroatoms. The monoisotopic (exact) mass is 589 g/mol. The van der Waals surface area contributed by atoms with Crippen molar-refractivity contribution in [1.82, 2.24) is 4.90 Å². The molecule has 3 aromatic carbocycles. The maximum atomic E-state index is 13.7. The molecule has 2 atom stereocenters. The van der Waals surface area contributed by atoms with Gasteiger partial charge in [-0.1, -0.05) is 48.5 Å². The number of ketones is 1. The fraction of sp³-hybridized carbons (Fsp3) is 0.333. The molecule has 0 aromatic heterocycles. The summed E-state index contributed by atoms with van der Waals surface area (Å²) in [5, 5.41) is 9.02. The van der Waals surface area contributed by atoms with Crippen molar-refractivity contribution < 1.29 is 43.2 Å². The van der Waals surface area contributed by atoms with Gasteiger partial charge in [-0.2, -0.15) is 0 Å². The van der Waals surface area contributed by atoms with E-state index in [1.165, 1.54) is 4.90 Å². The smallest absolute Gasteiger partial charge is 0.341 e. The Morgan fingerprint density at radius 3 is 2.40 bits per heavy atom. The zero-order valence-electron chi connectivity index (χ0n) is 24.2. The number of likely N-dealkylation sites (tertiary alicyclic amines) is 1. The van der Waals surface area contributed by atoms with Crippen LogP contribution in [0.15, 0.2) is 72.8 Å². The van der Waals surface area contributed by atoms with E-state index in [4.69, 9.17) is 24.1 Å². The quantitative estimate of drug-likeness (QED) is 0.172. The molecule has 3 aromatic rings. The second-order valence-electron chi connectivity index (χ2n) is 10.1. The molecule has 0 radical (unpaired) electrons. The number of nitrogens with zero attached hydrogens (tertiary/aromatic N) is 1. The number of benzene rings is 3. The second kappa shape index (κ2) is 14.9. The third kappa shape index (κ3) is 8.12. The zero-order valence-corrected chi connectivity index (χ0v) is 24.2. The number of carboxylic acid groups (broad SMARTS) is 1. The molecule has 10 nitrogen and oxygen atoms in total. The molecule has 1 aliphatic rings. The summed E-state index contributed by atoms with van der Waals surface area (Å²) < 4.78 is 22.2. The summed E-state index contributed by atoms with van der Waals surface area (Å²) in [6, 6.07) is 19.6. The highest BCUT2D eigenvalue weighted by Crippen LogP contribution is 2.32. The highest BCUT2D eigenvalue weighted by atomic mass is 16.5. The van der Waals surface area contributed by atoms with Gasteiger partial charge >= 0.3 is 11.9 Å². The van der Waals surface area contributed by atoms with Gasteiger partial charge in [-0.15, -0.1) is 0 Å². The van der Waals surface area contributed by atoms with E-state index in [2.05, 4.69) is 0 Å². The summed E-state index contributed by atoms with van der Waals surface area (Å²) >= 11 is 0. The number of esters is 1. The first-order chi connectivity index (χ1) is 20.8. The number of piperidine rings is 1. The maximum absolute atomic E-state index is 13.7. The third-order valence-electron chi connectivity index (χ3n) is 7.26. The lowest BCUT2D eigenvalue weighted by atomic mass is 9.98. The molecule has 43 heavy (non-hydrogen) atoms. The summed E-state index contributed by atoms with van der Waals surface area (Å²) in [6.45, 7) is -0.250. The Labute approximate surface area is 250 Å². The first-order valence-corrected chi connectivity index (χ1v) is 14.1. The Bertz CT molecular complexity index is 1440. The minimum absolute atomic E-state index is 0.260. The molecule has 1 fully saturated rings. The number of aliphatic carboxylic acids is 1. The van der Waals surface area contributed by atoms with Gasteiger partial charge in [-0.05, 0) is 67.5 Å². The van der Waals surface area contributed by atoms with E-state index in [9.17, 15) is 19.2 Å². The van der Waals surface area contributed by atoms with Gasteiger partial charge in [0.05, 0.1) is 14.2 Å². The second-order valence-corrected chi connectivity index (χ2v) is 10.1. The van der Waals surface area contributed by atoms with Crippen LogP contribution in [0.25, 0.3) is 0 Å². The standard InChI is InChI=1S/C33H35NO9/c1-40-28-17-15-22(19-29(28)41-2)14-16-27(24-11-8-12-25(20-24)42-21-30(35)36)43-33(39)26-13-6-7-18-34(26)32(38)31(37)23-9-4-3-5-10-23/h3-5,8-12,15,17,19-20,26-27H,6-7,13-14,16,18,21H2,1-2H3,(H,35,36)/t26-,27+/m0/s1. The molecule has 1 amide bonds. The predicted molar refractivity (Wildman–Crippen MR) is 156 cm³/mol. The summed E-state index contributed by atoms with van der Waals surface area (Å²) in [5.41, 5.74) is 1.78. The maximum Gasteiger partial charge on any atom is 0.341 e. The number of methoxy groups -OCH3 is 2. The SMILES string of the molecule is COc1ccc(CC[C@@H](OC(=O)[C@@H]2CCCCN2C(=O)C(=O)c2ccccc2)c2cccc(OCC(=O)O)c2)cc1OC. The summed E-state index contributed by atoms with van der Waals surface area (Å²) in [4.78, 5) is 52.2. The lowest BCUT2D eigenvalue weighted by molar-refractivity contribution is -0.161. The molecule has 1 saturated heterocycles.